The summed E-state index contributed by atoms with van der Waals surface area (Å²) in [6, 6.07) is 0. The van der Waals surface area contributed by atoms with Crippen LogP contribution in [0, 0.1) is 18.8 Å². The lowest BCUT2D eigenvalue weighted by Crippen LogP contribution is -2.13. The molecule has 0 bridgehead atoms. The Labute approximate surface area is 71.4 Å². The van der Waals surface area contributed by atoms with Crippen molar-refractivity contribution in [2.24, 2.45) is 11.8 Å². The van der Waals surface area contributed by atoms with Gasteiger partial charge in [0.15, 0.2) is 0 Å². The van der Waals surface area contributed by atoms with Gasteiger partial charge in [0.25, 0.3) is 0 Å². The van der Waals surface area contributed by atoms with E-state index in [-0.39, 0.29) is 0 Å². The molecule has 0 heteroatoms. The van der Waals surface area contributed by atoms with Gasteiger partial charge >= 0.3 is 0 Å². The van der Waals surface area contributed by atoms with E-state index in [0.29, 0.717) is 0 Å². The molecule has 0 unspecified atom stereocenters. The maximum atomic E-state index is 3.98. The Morgan fingerprint density at radius 1 is 1.09 bits per heavy atom. The lowest BCUT2D eigenvalue weighted by Gasteiger charge is -2.27. The second-order valence-electron chi connectivity index (χ2n) is 3.96. The lowest BCUT2D eigenvalue weighted by molar-refractivity contribution is 0.263. The normalized spacial score (nSPS) is 32.2. The summed E-state index contributed by atoms with van der Waals surface area (Å²) in [5.74, 6) is 2.02. The third-order valence-corrected chi connectivity index (χ3v) is 3.07. The van der Waals surface area contributed by atoms with E-state index in [1.807, 2.05) is 0 Å². The molecule has 0 N–H and O–H groups in total. The highest BCUT2D eigenvalue weighted by atomic mass is 14.2. The quantitative estimate of drug-likeness (QED) is 0.578. The number of hydrogen-bond acceptors (Lipinski definition) is 0. The van der Waals surface area contributed by atoms with Crippen LogP contribution in [0.3, 0.4) is 0 Å². The first-order valence-electron chi connectivity index (χ1n) is 5.16. The van der Waals surface area contributed by atoms with Crippen LogP contribution in [0.5, 0.6) is 0 Å². The first-order chi connectivity index (χ1) is 5.36. The lowest BCUT2D eigenvalue weighted by atomic mass is 9.79. The molecule has 1 aliphatic carbocycles. The highest BCUT2D eigenvalue weighted by Crippen LogP contribution is 2.32. The summed E-state index contributed by atoms with van der Waals surface area (Å²) in [7, 11) is 0. The van der Waals surface area contributed by atoms with Crippen LogP contribution < -0.4 is 0 Å². The van der Waals surface area contributed by atoms with Crippen LogP contribution in [0.4, 0.5) is 0 Å². The first-order valence-corrected chi connectivity index (χ1v) is 5.16. The molecule has 0 atom stereocenters. The molecule has 0 heterocycles. The highest BCUT2D eigenvalue weighted by Gasteiger charge is 2.18. The summed E-state index contributed by atoms with van der Waals surface area (Å²) in [6.07, 6.45) is 9.87. The van der Waals surface area contributed by atoms with Crippen LogP contribution in [-0.4, -0.2) is 0 Å². The van der Waals surface area contributed by atoms with E-state index < -0.39 is 0 Å². The Bertz CT molecular complexity index is 88.2. The van der Waals surface area contributed by atoms with Crippen molar-refractivity contribution >= 4 is 0 Å². The molecule has 1 fully saturated rings. The Morgan fingerprint density at radius 2 is 1.64 bits per heavy atom. The molecular weight excluding hydrogens is 132 g/mol. The van der Waals surface area contributed by atoms with Crippen LogP contribution in [-0.2, 0) is 0 Å². The zero-order valence-corrected chi connectivity index (χ0v) is 7.81. The average Bonchev–Trinajstić information content (AvgIpc) is 2.07. The van der Waals surface area contributed by atoms with E-state index in [1.165, 1.54) is 44.9 Å². The largest absolute Gasteiger partial charge is 0.0654 e. The second-order valence-corrected chi connectivity index (χ2v) is 3.96. The van der Waals surface area contributed by atoms with Crippen molar-refractivity contribution in [1.29, 1.82) is 0 Å². The fourth-order valence-corrected chi connectivity index (χ4v) is 2.22. The molecule has 0 aliphatic heterocycles. The van der Waals surface area contributed by atoms with E-state index in [4.69, 9.17) is 0 Å². The van der Waals surface area contributed by atoms with Crippen LogP contribution >= 0.6 is 0 Å². The molecule has 65 valence electrons. The summed E-state index contributed by atoms with van der Waals surface area (Å²) in [4.78, 5) is 0. The van der Waals surface area contributed by atoms with Crippen LogP contribution in [0.1, 0.15) is 51.9 Å². The van der Waals surface area contributed by atoms with Gasteiger partial charge in [-0.25, -0.2) is 0 Å². The molecule has 0 spiro atoms. The molecule has 0 aromatic heterocycles. The van der Waals surface area contributed by atoms with Gasteiger partial charge in [0.05, 0.1) is 0 Å². The average molecular weight is 153 g/mol. The van der Waals surface area contributed by atoms with Crippen molar-refractivity contribution in [1.82, 2.24) is 0 Å². The van der Waals surface area contributed by atoms with Crippen molar-refractivity contribution in [3.63, 3.8) is 0 Å². The predicted octanol–water partition coefficient (Wildman–Crippen LogP) is 3.82. The summed E-state index contributed by atoms with van der Waals surface area (Å²) >= 11 is 0. The minimum absolute atomic E-state index is 0.961. The number of hydrogen-bond donors (Lipinski definition) is 0. The van der Waals surface area contributed by atoms with Gasteiger partial charge in [-0.15, -0.1) is 0 Å². The molecule has 0 saturated heterocycles. The molecule has 1 aliphatic rings. The van der Waals surface area contributed by atoms with Crippen LogP contribution in [0.15, 0.2) is 0 Å². The topological polar surface area (TPSA) is 0 Å². The van der Waals surface area contributed by atoms with Crippen molar-refractivity contribution in [3.8, 4) is 0 Å². The van der Waals surface area contributed by atoms with E-state index >= 15 is 0 Å². The summed E-state index contributed by atoms with van der Waals surface area (Å²) < 4.78 is 0. The minimum Gasteiger partial charge on any atom is -0.0654 e. The van der Waals surface area contributed by atoms with Crippen molar-refractivity contribution in [3.05, 3.63) is 6.92 Å². The zero-order valence-electron chi connectivity index (χ0n) is 7.81. The Kier molecular flexibility index (Phi) is 3.96. The van der Waals surface area contributed by atoms with Crippen molar-refractivity contribution in [2.45, 2.75) is 51.9 Å². The monoisotopic (exact) mass is 153 g/mol. The fraction of sp³-hybridized carbons (Fsp3) is 0.909. The Hall–Kier alpha value is 0. The standard InChI is InChI=1S/C11H21/c1-3-5-11-8-6-10(4-2)7-9-11/h10-11H,2-9H2,1H3/t10-,11-. The zero-order chi connectivity index (χ0) is 8.10. The molecule has 0 aromatic rings. The van der Waals surface area contributed by atoms with E-state index in [2.05, 4.69) is 13.8 Å². The third kappa shape index (κ3) is 2.84. The third-order valence-electron chi connectivity index (χ3n) is 3.07. The van der Waals surface area contributed by atoms with Gasteiger partial charge in [0.1, 0.15) is 0 Å². The maximum Gasteiger partial charge on any atom is -0.0414 e. The van der Waals surface area contributed by atoms with Crippen LogP contribution in [0.2, 0.25) is 0 Å². The van der Waals surface area contributed by atoms with Gasteiger partial charge in [0.2, 0.25) is 0 Å². The van der Waals surface area contributed by atoms with Crippen molar-refractivity contribution in [2.75, 3.05) is 0 Å². The van der Waals surface area contributed by atoms with Gasteiger partial charge in [-0.05, 0) is 11.8 Å². The number of rotatable bonds is 3. The molecule has 1 radical (unpaired) electrons. The van der Waals surface area contributed by atoms with E-state index in [0.717, 1.165) is 11.8 Å². The van der Waals surface area contributed by atoms with Gasteiger partial charge in [-0.3, -0.25) is 0 Å². The van der Waals surface area contributed by atoms with Crippen LogP contribution in [0.25, 0.3) is 0 Å². The molecule has 11 heavy (non-hydrogen) atoms. The van der Waals surface area contributed by atoms with Crippen molar-refractivity contribution < 1.29 is 0 Å². The van der Waals surface area contributed by atoms with Gasteiger partial charge < -0.3 is 0 Å². The SMILES string of the molecule is [CH2]C[C@H]1CC[C@H](CCC)CC1. The Morgan fingerprint density at radius 3 is 2.09 bits per heavy atom. The van der Waals surface area contributed by atoms with Gasteiger partial charge in [0, 0.05) is 0 Å². The summed E-state index contributed by atoms with van der Waals surface area (Å²) in [5.41, 5.74) is 0. The Balaban J connectivity index is 2.14. The van der Waals surface area contributed by atoms with E-state index in [9.17, 15) is 0 Å². The van der Waals surface area contributed by atoms with Gasteiger partial charge in [-0.2, -0.15) is 0 Å². The predicted molar refractivity (Wildman–Crippen MR) is 50.3 cm³/mol. The maximum absolute atomic E-state index is 3.98. The molecule has 0 amide bonds. The summed E-state index contributed by atoms with van der Waals surface area (Å²) in [5, 5.41) is 0. The first kappa shape index (κ1) is 9.09. The molecule has 1 saturated carbocycles. The van der Waals surface area contributed by atoms with E-state index in [1.54, 1.807) is 0 Å². The molecule has 1 rings (SSSR count). The summed E-state index contributed by atoms with van der Waals surface area (Å²) in [6.45, 7) is 6.28. The smallest absolute Gasteiger partial charge is 0.0414 e. The fourth-order valence-electron chi connectivity index (χ4n) is 2.22. The highest BCUT2D eigenvalue weighted by molar-refractivity contribution is 4.72. The van der Waals surface area contributed by atoms with Gasteiger partial charge in [-0.1, -0.05) is 58.8 Å². The molecule has 0 nitrogen and oxygen atoms in total. The second kappa shape index (κ2) is 4.79. The molecular formula is C11H21. The minimum atomic E-state index is 0.961. The molecule has 0 aromatic carbocycles.